The third kappa shape index (κ3) is 4.29. The van der Waals surface area contributed by atoms with Gasteiger partial charge in [-0.2, -0.15) is 0 Å². The van der Waals surface area contributed by atoms with Crippen LogP contribution in [0, 0.1) is 5.82 Å². The Morgan fingerprint density at radius 2 is 1.58 bits per heavy atom. The first-order valence-corrected chi connectivity index (χ1v) is 6.77. The molecule has 0 aliphatic rings. The van der Waals surface area contributed by atoms with Crippen LogP contribution >= 0.6 is 0 Å². The van der Waals surface area contributed by atoms with Crippen molar-refractivity contribution in [3.05, 3.63) is 59.4 Å². The molecule has 0 radical (unpaired) electrons. The first-order valence-electron chi connectivity index (χ1n) is 6.77. The van der Waals surface area contributed by atoms with E-state index in [1.165, 1.54) is 18.2 Å². The van der Waals surface area contributed by atoms with Crippen molar-refractivity contribution in [3.8, 4) is 0 Å². The van der Waals surface area contributed by atoms with Gasteiger partial charge >= 0.3 is 11.9 Å². The molecule has 7 nitrogen and oxygen atoms in total. The van der Waals surface area contributed by atoms with E-state index in [0.717, 1.165) is 12.1 Å². The molecular formula is C16H13FN2O5. The van der Waals surface area contributed by atoms with Crippen LogP contribution in [0.2, 0.25) is 0 Å². The van der Waals surface area contributed by atoms with Crippen LogP contribution in [-0.4, -0.2) is 34.6 Å². The van der Waals surface area contributed by atoms with E-state index in [-0.39, 0.29) is 5.56 Å². The number of rotatable bonds is 6. The minimum Gasteiger partial charge on any atom is -0.480 e. The van der Waals surface area contributed by atoms with Gasteiger partial charge < -0.3 is 20.8 Å². The zero-order valence-corrected chi connectivity index (χ0v) is 12.2. The molecule has 4 N–H and O–H groups in total. The fourth-order valence-electron chi connectivity index (χ4n) is 1.90. The molecule has 0 unspecified atom stereocenters. The average molecular weight is 332 g/mol. The Balaban J connectivity index is 2.09. The lowest BCUT2D eigenvalue weighted by atomic mass is 10.1. The van der Waals surface area contributed by atoms with Crippen molar-refractivity contribution in [1.82, 2.24) is 5.32 Å². The smallest absolute Gasteiger partial charge is 0.338 e. The maximum absolute atomic E-state index is 13.3. The number of carboxylic acids is 2. The number of hydrogen-bond acceptors (Lipinski definition) is 4. The summed E-state index contributed by atoms with van der Waals surface area (Å²) >= 11 is 0. The van der Waals surface area contributed by atoms with Crippen LogP contribution in [0.15, 0.2) is 42.5 Å². The second-order valence-electron chi connectivity index (χ2n) is 4.78. The molecule has 0 atom stereocenters. The van der Waals surface area contributed by atoms with Crippen molar-refractivity contribution < 1.29 is 29.0 Å². The molecule has 0 saturated heterocycles. The SMILES string of the molecule is O=C(O)CNC(=O)c1ccc(Nc2ccc(F)c(C(=O)O)c2)cc1. The van der Waals surface area contributed by atoms with Gasteiger partial charge in [-0.1, -0.05) is 0 Å². The van der Waals surface area contributed by atoms with Gasteiger partial charge in [-0.3, -0.25) is 9.59 Å². The van der Waals surface area contributed by atoms with Crippen LogP contribution in [0.5, 0.6) is 0 Å². The van der Waals surface area contributed by atoms with E-state index in [0.29, 0.717) is 11.4 Å². The summed E-state index contributed by atoms with van der Waals surface area (Å²) in [5, 5.41) is 22.5. The van der Waals surface area contributed by atoms with Crippen LogP contribution in [0.25, 0.3) is 0 Å². The third-order valence-electron chi connectivity index (χ3n) is 3.03. The van der Waals surface area contributed by atoms with Gasteiger partial charge in [-0.25, -0.2) is 9.18 Å². The Kier molecular flexibility index (Phi) is 5.10. The van der Waals surface area contributed by atoms with Crippen LogP contribution in [-0.2, 0) is 4.79 Å². The minimum atomic E-state index is -1.37. The van der Waals surface area contributed by atoms with Gasteiger partial charge in [-0.05, 0) is 42.5 Å². The van der Waals surface area contributed by atoms with Crippen molar-refractivity contribution in [1.29, 1.82) is 0 Å². The standard InChI is InChI=1S/C16H13FN2O5/c17-13-6-5-11(7-12(13)16(23)24)19-10-3-1-9(2-4-10)15(22)18-8-14(20)21/h1-7,19H,8H2,(H,18,22)(H,20,21)(H,23,24). The molecule has 0 aromatic heterocycles. The zero-order chi connectivity index (χ0) is 17.7. The zero-order valence-electron chi connectivity index (χ0n) is 12.2. The lowest BCUT2D eigenvalue weighted by Gasteiger charge is -2.09. The Bertz CT molecular complexity index is 790. The molecule has 2 rings (SSSR count). The Morgan fingerprint density at radius 1 is 0.958 bits per heavy atom. The summed E-state index contributed by atoms with van der Waals surface area (Å²) < 4.78 is 13.3. The number of halogens is 1. The topological polar surface area (TPSA) is 116 Å². The van der Waals surface area contributed by atoms with Gasteiger partial charge in [0.15, 0.2) is 0 Å². The van der Waals surface area contributed by atoms with Crippen molar-refractivity contribution in [3.63, 3.8) is 0 Å². The number of benzene rings is 2. The lowest BCUT2D eigenvalue weighted by molar-refractivity contribution is -0.135. The van der Waals surface area contributed by atoms with Gasteiger partial charge in [-0.15, -0.1) is 0 Å². The minimum absolute atomic E-state index is 0.270. The van der Waals surface area contributed by atoms with Gasteiger partial charge in [0.25, 0.3) is 5.91 Å². The third-order valence-corrected chi connectivity index (χ3v) is 3.03. The maximum atomic E-state index is 13.3. The molecule has 0 heterocycles. The van der Waals surface area contributed by atoms with E-state index in [9.17, 15) is 18.8 Å². The highest BCUT2D eigenvalue weighted by Gasteiger charge is 2.11. The monoisotopic (exact) mass is 332 g/mol. The number of anilines is 2. The molecule has 124 valence electrons. The molecule has 2 aromatic rings. The highest BCUT2D eigenvalue weighted by molar-refractivity contribution is 5.96. The summed E-state index contributed by atoms with van der Waals surface area (Å²) in [5.74, 6) is -3.88. The molecule has 0 saturated carbocycles. The van der Waals surface area contributed by atoms with E-state index in [1.807, 2.05) is 0 Å². The number of amides is 1. The van der Waals surface area contributed by atoms with E-state index < -0.39 is 35.8 Å². The number of hydrogen-bond donors (Lipinski definition) is 4. The van der Waals surface area contributed by atoms with E-state index >= 15 is 0 Å². The van der Waals surface area contributed by atoms with Crippen LogP contribution < -0.4 is 10.6 Å². The van der Waals surface area contributed by atoms with Crippen LogP contribution in [0.4, 0.5) is 15.8 Å². The fraction of sp³-hybridized carbons (Fsp3) is 0.0625. The highest BCUT2D eigenvalue weighted by Crippen LogP contribution is 2.20. The van der Waals surface area contributed by atoms with Crippen molar-refractivity contribution >= 4 is 29.2 Å². The highest BCUT2D eigenvalue weighted by atomic mass is 19.1. The van der Waals surface area contributed by atoms with Crippen molar-refractivity contribution in [2.45, 2.75) is 0 Å². The molecule has 2 aromatic carbocycles. The molecule has 0 aliphatic heterocycles. The summed E-state index contributed by atoms with van der Waals surface area (Å²) in [5.41, 5.74) is 0.737. The number of nitrogens with one attached hydrogen (secondary N) is 2. The number of carbonyl (C=O) groups is 3. The molecular weight excluding hydrogens is 319 g/mol. The van der Waals surface area contributed by atoms with Crippen molar-refractivity contribution in [2.24, 2.45) is 0 Å². The molecule has 1 amide bonds. The second kappa shape index (κ2) is 7.23. The lowest BCUT2D eigenvalue weighted by Crippen LogP contribution is -2.29. The number of carbonyl (C=O) groups excluding carboxylic acids is 1. The summed E-state index contributed by atoms with van der Waals surface area (Å²) in [6.45, 7) is -0.480. The molecule has 0 spiro atoms. The summed E-state index contributed by atoms with van der Waals surface area (Å²) in [4.78, 5) is 33.0. The van der Waals surface area contributed by atoms with Gasteiger partial charge in [0.05, 0.1) is 5.56 Å². The molecule has 0 aliphatic carbocycles. The molecule has 0 bridgehead atoms. The summed E-state index contributed by atoms with van der Waals surface area (Å²) in [6.07, 6.45) is 0. The number of carboxylic acid groups (broad SMARTS) is 2. The largest absolute Gasteiger partial charge is 0.480 e. The first kappa shape index (κ1) is 16.9. The molecule has 8 heteroatoms. The fourth-order valence-corrected chi connectivity index (χ4v) is 1.90. The van der Waals surface area contributed by atoms with Gasteiger partial charge in [0.1, 0.15) is 12.4 Å². The predicted octanol–water partition coefficient (Wildman–Crippen LogP) is 2.08. The average Bonchev–Trinajstić information content (AvgIpc) is 2.54. The summed E-state index contributed by atoms with van der Waals surface area (Å²) in [7, 11) is 0. The van der Waals surface area contributed by atoms with Gasteiger partial charge in [0.2, 0.25) is 0 Å². The van der Waals surface area contributed by atoms with E-state index in [2.05, 4.69) is 10.6 Å². The second-order valence-corrected chi connectivity index (χ2v) is 4.78. The number of aliphatic carboxylic acids is 1. The van der Waals surface area contributed by atoms with Crippen LogP contribution in [0.3, 0.4) is 0 Å². The van der Waals surface area contributed by atoms with E-state index in [1.54, 1.807) is 12.1 Å². The Hall–Kier alpha value is -3.42. The molecule has 24 heavy (non-hydrogen) atoms. The van der Waals surface area contributed by atoms with Crippen molar-refractivity contribution in [2.75, 3.05) is 11.9 Å². The van der Waals surface area contributed by atoms with E-state index in [4.69, 9.17) is 10.2 Å². The predicted molar refractivity (Wildman–Crippen MR) is 83.1 cm³/mol. The maximum Gasteiger partial charge on any atom is 0.338 e. The Morgan fingerprint density at radius 3 is 2.17 bits per heavy atom. The number of aromatic carboxylic acids is 1. The normalized spacial score (nSPS) is 10.0. The molecule has 0 fully saturated rings. The Labute approximate surface area is 135 Å². The quantitative estimate of drug-likeness (QED) is 0.644. The van der Waals surface area contributed by atoms with Crippen LogP contribution in [0.1, 0.15) is 20.7 Å². The first-order chi connectivity index (χ1) is 11.4. The van der Waals surface area contributed by atoms with Gasteiger partial charge in [0, 0.05) is 16.9 Å². The summed E-state index contributed by atoms with van der Waals surface area (Å²) in [6, 6.07) is 9.64.